The van der Waals surface area contributed by atoms with Crippen molar-refractivity contribution < 1.29 is 18.4 Å². The number of benzene rings is 1. The number of rotatable bonds is 3. The van der Waals surface area contributed by atoms with Crippen LogP contribution in [0, 0.1) is 11.6 Å². The summed E-state index contributed by atoms with van der Waals surface area (Å²) in [4.78, 5) is 1.86. The van der Waals surface area contributed by atoms with Crippen molar-refractivity contribution in [1.82, 2.24) is 10.1 Å². The van der Waals surface area contributed by atoms with Gasteiger partial charge in [0.15, 0.2) is 5.76 Å². The maximum absolute atomic E-state index is 13.9. The van der Waals surface area contributed by atoms with Crippen molar-refractivity contribution in [2.45, 2.75) is 25.1 Å². The minimum atomic E-state index is -0.564. The molecule has 1 aromatic carbocycles. The lowest BCUT2D eigenvalue weighted by atomic mass is 10.0. The average molecular weight is 280 g/mol. The fraction of sp³-hybridized carbons (Fsp3) is 0.357. The summed E-state index contributed by atoms with van der Waals surface area (Å²) >= 11 is 0. The van der Waals surface area contributed by atoms with E-state index in [9.17, 15) is 13.9 Å². The molecule has 1 N–H and O–H groups in total. The van der Waals surface area contributed by atoms with Crippen LogP contribution in [0.3, 0.4) is 0 Å². The third-order valence-corrected chi connectivity index (χ3v) is 3.55. The molecule has 0 unspecified atom stereocenters. The Labute approximate surface area is 114 Å². The monoisotopic (exact) mass is 280 g/mol. The van der Waals surface area contributed by atoms with Gasteiger partial charge in [-0.1, -0.05) is 5.16 Å². The molecule has 1 aromatic heterocycles. The van der Waals surface area contributed by atoms with Crippen molar-refractivity contribution in [2.24, 2.45) is 0 Å². The molecule has 2 heterocycles. The first-order chi connectivity index (χ1) is 9.63. The lowest BCUT2D eigenvalue weighted by Gasteiger charge is -2.23. The topological polar surface area (TPSA) is 49.5 Å². The average Bonchev–Trinajstić information content (AvgIpc) is 3.03. The SMILES string of the molecule is O[C@@H]1C[C@H](c2cc(F)ccc2F)N(Cc2ccno2)C1. The van der Waals surface area contributed by atoms with Crippen LogP contribution in [0.4, 0.5) is 8.78 Å². The van der Waals surface area contributed by atoms with E-state index in [0.717, 1.165) is 12.1 Å². The number of halogens is 2. The Bertz CT molecular complexity index is 589. The quantitative estimate of drug-likeness (QED) is 0.937. The molecular formula is C14H14F2N2O2. The van der Waals surface area contributed by atoms with E-state index in [-0.39, 0.29) is 11.6 Å². The highest BCUT2D eigenvalue weighted by molar-refractivity contribution is 5.24. The summed E-state index contributed by atoms with van der Waals surface area (Å²) in [7, 11) is 0. The number of aliphatic hydroxyl groups excluding tert-OH is 1. The van der Waals surface area contributed by atoms with Crippen LogP contribution < -0.4 is 0 Å². The lowest BCUT2D eigenvalue weighted by molar-refractivity contribution is 0.165. The zero-order valence-corrected chi connectivity index (χ0v) is 10.7. The molecule has 0 bridgehead atoms. The fourth-order valence-electron chi connectivity index (χ4n) is 2.67. The predicted octanol–water partition coefficient (Wildman–Crippen LogP) is 2.26. The van der Waals surface area contributed by atoms with Crippen molar-refractivity contribution in [3.05, 3.63) is 53.4 Å². The van der Waals surface area contributed by atoms with Gasteiger partial charge in [-0.05, 0) is 24.6 Å². The van der Waals surface area contributed by atoms with E-state index in [0.29, 0.717) is 25.3 Å². The second kappa shape index (κ2) is 5.30. The first-order valence-corrected chi connectivity index (χ1v) is 6.40. The zero-order chi connectivity index (χ0) is 14.1. The van der Waals surface area contributed by atoms with Gasteiger partial charge in [0.25, 0.3) is 0 Å². The van der Waals surface area contributed by atoms with Gasteiger partial charge in [0, 0.05) is 24.2 Å². The van der Waals surface area contributed by atoms with Crippen LogP contribution in [-0.2, 0) is 6.54 Å². The van der Waals surface area contributed by atoms with Crippen LogP contribution in [0.2, 0.25) is 0 Å². The molecule has 6 heteroatoms. The first-order valence-electron chi connectivity index (χ1n) is 6.40. The number of hydrogen-bond acceptors (Lipinski definition) is 4. The van der Waals surface area contributed by atoms with Gasteiger partial charge in [0.2, 0.25) is 0 Å². The van der Waals surface area contributed by atoms with Gasteiger partial charge in [-0.3, -0.25) is 4.90 Å². The molecule has 3 rings (SSSR count). The van der Waals surface area contributed by atoms with E-state index >= 15 is 0 Å². The highest BCUT2D eigenvalue weighted by Gasteiger charge is 2.34. The Kier molecular flexibility index (Phi) is 3.50. The third kappa shape index (κ3) is 2.57. The molecule has 0 amide bonds. The van der Waals surface area contributed by atoms with Crippen molar-refractivity contribution in [3.8, 4) is 0 Å². The second-order valence-electron chi connectivity index (χ2n) is 4.98. The van der Waals surface area contributed by atoms with Gasteiger partial charge < -0.3 is 9.63 Å². The maximum Gasteiger partial charge on any atom is 0.150 e. The first kappa shape index (κ1) is 13.2. The molecule has 0 aliphatic carbocycles. The van der Waals surface area contributed by atoms with E-state index in [1.54, 1.807) is 6.07 Å². The van der Waals surface area contributed by atoms with Gasteiger partial charge in [-0.15, -0.1) is 0 Å². The van der Waals surface area contributed by atoms with Crippen LogP contribution >= 0.6 is 0 Å². The summed E-state index contributed by atoms with van der Waals surface area (Å²) < 4.78 is 32.2. The fourth-order valence-corrected chi connectivity index (χ4v) is 2.67. The number of aliphatic hydroxyl groups is 1. The van der Waals surface area contributed by atoms with Crippen LogP contribution in [0.15, 0.2) is 35.0 Å². The number of aromatic nitrogens is 1. The van der Waals surface area contributed by atoms with Crippen LogP contribution in [0.1, 0.15) is 23.8 Å². The molecule has 2 atom stereocenters. The highest BCUT2D eigenvalue weighted by Crippen LogP contribution is 2.35. The molecule has 2 aromatic rings. The van der Waals surface area contributed by atoms with E-state index in [4.69, 9.17) is 4.52 Å². The molecule has 0 radical (unpaired) electrons. The number of likely N-dealkylation sites (tertiary alicyclic amines) is 1. The zero-order valence-electron chi connectivity index (χ0n) is 10.7. The molecule has 1 saturated heterocycles. The number of hydrogen-bond donors (Lipinski definition) is 1. The third-order valence-electron chi connectivity index (χ3n) is 3.55. The molecule has 0 saturated carbocycles. The van der Waals surface area contributed by atoms with Gasteiger partial charge in [0.1, 0.15) is 11.6 Å². The summed E-state index contributed by atoms with van der Waals surface area (Å²) in [5.74, 6) is -0.323. The number of β-amino-alcohol motifs (C(OH)–C–C–N with tert-alkyl or cyclic N) is 1. The largest absolute Gasteiger partial charge is 0.392 e. The Hall–Kier alpha value is -1.79. The summed E-state index contributed by atoms with van der Waals surface area (Å²) in [5.41, 5.74) is 0.265. The minimum Gasteiger partial charge on any atom is -0.392 e. The molecule has 20 heavy (non-hydrogen) atoms. The van der Waals surface area contributed by atoms with Crippen molar-refractivity contribution in [3.63, 3.8) is 0 Å². The van der Waals surface area contributed by atoms with E-state index in [1.807, 2.05) is 4.90 Å². The van der Waals surface area contributed by atoms with E-state index < -0.39 is 17.7 Å². The summed E-state index contributed by atoms with van der Waals surface area (Å²) in [6.07, 6.45) is 1.33. The van der Waals surface area contributed by atoms with Crippen LogP contribution in [0.5, 0.6) is 0 Å². The van der Waals surface area contributed by atoms with E-state index in [1.165, 1.54) is 12.3 Å². The molecule has 1 aliphatic rings. The Balaban J connectivity index is 1.87. The van der Waals surface area contributed by atoms with Gasteiger partial charge >= 0.3 is 0 Å². The summed E-state index contributed by atoms with van der Waals surface area (Å²) in [5, 5.41) is 13.4. The second-order valence-corrected chi connectivity index (χ2v) is 4.98. The summed E-state index contributed by atoms with van der Waals surface area (Å²) in [6.45, 7) is 0.791. The maximum atomic E-state index is 13.9. The molecule has 106 valence electrons. The van der Waals surface area contributed by atoms with Gasteiger partial charge in [-0.2, -0.15) is 0 Å². The summed E-state index contributed by atoms with van der Waals surface area (Å²) in [6, 6.07) is 4.73. The van der Waals surface area contributed by atoms with Gasteiger partial charge in [-0.25, -0.2) is 8.78 Å². The Morgan fingerprint density at radius 1 is 1.35 bits per heavy atom. The normalized spacial score (nSPS) is 23.4. The molecule has 4 nitrogen and oxygen atoms in total. The van der Waals surface area contributed by atoms with E-state index in [2.05, 4.69) is 5.16 Å². The smallest absolute Gasteiger partial charge is 0.150 e. The van der Waals surface area contributed by atoms with Crippen molar-refractivity contribution in [2.75, 3.05) is 6.54 Å². The van der Waals surface area contributed by atoms with Crippen LogP contribution in [0.25, 0.3) is 0 Å². The highest BCUT2D eigenvalue weighted by atomic mass is 19.1. The molecule has 1 aliphatic heterocycles. The lowest BCUT2D eigenvalue weighted by Crippen LogP contribution is -2.24. The minimum absolute atomic E-state index is 0.265. The Morgan fingerprint density at radius 3 is 2.95 bits per heavy atom. The molecule has 1 fully saturated rings. The van der Waals surface area contributed by atoms with Gasteiger partial charge in [0.05, 0.1) is 18.8 Å². The van der Waals surface area contributed by atoms with Crippen LogP contribution in [-0.4, -0.2) is 27.8 Å². The number of nitrogens with zero attached hydrogens (tertiary/aromatic N) is 2. The van der Waals surface area contributed by atoms with Crippen molar-refractivity contribution in [1.29, 1.82) is 0 Å². The molecule has 0 spiro atoms. The predicted molar refractivity (Wildman–Crippen MR) is 66.6 cm³/mol. The molecular weight excluding hydrogens is 266 g/mol. The Morgan fingerprint density at radius 2 is 2.20 bits per heavy atom. The standard InChI is InChI=1S/C14H14F2N2O2/c15-9-1-2-13(16)12(5-9)14-6-10(19)7-18(14)8-11-3-4-17-20-11/h1-5,10,14,19H,6-8H2/t10-,14-/m1/s1. The van der Waals surface area contributed by atoms with Crippen molar-refractivity contribution >= 4 is 0 Å².